The maximum atomic E-state index is 13.1. The lowest BCUT2D eigenvalue weighted by Gasteiger charge is -2.12. The van der Waals surface area contributed by atoms with Gasteiger partial charge in [-0.3, -0.25) is 4.79 Å². The number of fused-ring (bicyclic) bond motifs is 1. The first-order valence-electron chi connectivity index (χ1n) is 8.68. The van der Waals surface area contributed by atoms with Crippen molar-refractivity contribution in [2.24, 2.45) is 0 Å². The Morgan fingerprint density at radius 3 is 2.31 bits per heavy atom. The largest absolute Gasteiger partial charge is 0.452 e. The molecule has 0 radical (unpaired) electrons. The molecule has 0 aliphatic heterocycles. The minimum absolute atomic E-state index is 0.0178. The Morgan fingerprint density at radius 2 is 1.62 bits per heavy atom. The van der Waals surface area contributed by atoms with Crippen LogP contribution < -0.4 is 9.61 Å². The Balaban J connectivity index is 1.97. The Kier molecular flexibility index (Phi) is 4.90. The van der Waals surface area contributed by atoms with Crippen molar-refractivity contribution in [3.8, 4) is 17.1 Å². The van der Waals surface area contributed by atoms with Crippen LogP contribution in [0.5, 0.6) is 5.75 Å². The van der Waals surface area contributed by atoms with E-state index in [1.165, 1.54) is 12.1 Å². The summed E-state index contributed by atoms with van der Waals surface area (Å²) < 4.78 is 36.8. The third-order valence-electron chi connectivity index (χ3n) is 4.34. The van der Waals surface area contributed by atoms with Gasteiger partial charge in [-0.2, -0.15) is 8.42 Å². The molecule has 0 saturated carbocycles. The molecule has 4 rings (SSSR count). The Bertz CT molecular complexity index is 1360. The van der Waals surface area contributed by atoms with E-state index in [2.05, 4.69) is 0 Å². The molecule has 5 nitrogen and oxygen atoms in total. The van der Waals surface area contributed by atoms with Crippen molar-refractivity contribution < 1.29 is 17.0 Å². The van der Waals surface area contributed by atoms with Gasteiger partial charge < -0.3 is 8.60 Å². The van der Waals surface area contributed by atoms with Gasteiger partial charge in [0, 0.05) is 10.6 Å². The molecular formula is C22H15ClO5S. The summed E-state index contributed by atoms with van der Waals surface area (Å²) in [6.07, 6.45) is 0. The molecule has 0 aliphatic rings. The highest BCUT2D eigenvalue weighted by molar-refractivity contribution is 7.87. The molecule has 7 heteroatoms. The molecular weight excluding hydrogens is 412 g/mol. The van der Waals surface area contributed by atoms with Crippen molar-refractivity contribution in [1.82, 2.24) is 0 Å². The molecule has 3 aromatic carbocycles. The predicted octanol–water partition coefficient (Wildman–Crippen LogP) is 5.19. The van der Waals surface area contributed by atoms with Gasteiger partial charge in [0.05, 0.1) is 5.39 Å². The highest BCUT2D eigenvalue weighted by Crippen LogP contribution is 2.33. The standard InChI is InChI=1S/C22H15ClO5S/c1-14-7-12-18-19(13-14)27-21(15-8-10-16(23)11-9-15)22(20(18)24)28-29(25,26)17-5-3-2-4-6-17/h2-13H,1H3. The molecule has 0 spiro atoms. The van der Waals surface area contributed by atoms with E-state index in [4.69, 9.17) is 20.2 Å². The predicted molar refractivity (Wildman–Crippen MR) is 112 cm³/mol. The van der Waals surface area contributed by atoms with E-state index in [0.717, 1.165) is 5.56 Å². The second-order valence-corrected chi connectivity index (χ2v) is 8.43. The lowest BCUT2D eigenvalue weighted by Crippen LogP contribution is -2.16. The van der Waals surface area contributed by atoms with Crippen LogP contribution in [0, 0.1) is 6.92 Å². The smallest absolute Gasteiger partial charge is 0.339 e. The molecule has 0 fully saturated rings. The second kappa shape index (κ2) is 7.39. The number of rotatable bonds is 4. The molecule has 1 aromatic heterocycles. The zero-order valence-corrected chi connectivity index (χ0v) is 16.8. The van der Waals surface area contributed by atoms with E-state index in [0.29, 0.717) is 16.2 Å². The van der Waals surface area contributed by atoms with Crippen molar-refractivity contribution in [2.75, 3.05) is 0 Å². The SMILES string of the molecule is Cc1ccc2c(=O)c(OS(=O)(=O)c3ccccc3)c(-c3ccc(Cl)cc3)oc2c1. The summed E-state index contributed by atoms with van der Waals surface area (Å²) in [5.41, 5.74) is 1.13. The van der Waals surface area contributed by atoms with E-state index < -0.39 is 21.3 Å². The minimum atomic E-state index is -4.24. The zero-order chi connectivity index (χ0) is 20.6. The third-order valence-corrected chi connectivity index (χ3v) is 5.83. The van der Waals surface area contributed by atoms with Crippen molar-refractivity contribution in [2.45, 2.75) is 11.8 Å². The molecule has 4 aromatic rings. The fourth-order valence-electron chi connectivity index (χ4n) is 2.90. The topological polar surface area (TPSA) is 73.6 Å². The fourth-order valence-corrected chi connectivity index (χ4v) is 3.98. The average Bonchev–Trinajstić information content (AvgIpc) is 2.71. The van der Waals surface area contributed by atoms with Crippen LogP contribution in [0.15, 0.2) is 86.9 Å². The van der Waals surface area contributed by atoms with E-state index in [9.17, 15) is 13.2 Å². The van der Waals surface area contributed by atoms with E-state index in [1.807, 2.05) is 6.92 Å². The maximum absolute atomic E-state index is 13.1. The monoisotopic (exact) mass is 426 g/mol. The van der Waals surface area contributed by atoms with Gasteiger partial charge in [0.25, 0.3) is 0 Å². The van der Waals surface area contributed by atoms with Crippen LogP contribution in [-0.4, -0.2) is 8.42 Å². The summed E-state index contributed by atoms with van der Waals surface area (Å²) in [6, 6.07) is 19.2. The van der Waals surface area contributed by atoms with Crippen molar-refractivity contribution in [3.63, 3.8) is 0 Å². The fraction of sp³-hybridized carbons (Fsp3) is 0.0455. The number of aryl methyl sites for hydroxylation is 1. The van der Waals surface area contributed by atoms with Gasteiger partial charge in [-0.05, 0) is 61.0 Å². The van der Waals surface area contributed by atoms with Crippen molar-refractivity contribution in [3.05, 3.63) is 93.6 Å². The van der Waals surface area contributed by atoms with Crippen LogP contribution in [0.25, 0.3) is 22.3 Å². The summed E-state index contributed by atoms with van der Waals surface area (Å²) in [5, 5.41) is 0.721. The molecule has 0 aliphatic carbocycles. The molecule has 29 heavy (non-hydrogen) atoms. The number of hydrogen-bond donors (Lipinski definition) is 0. The van der Waals surface area contributed by atoms with E-state index >= 15 is 0 Å². The first kappa shape index (κ1) is 19.2. The maximum Gasteiger partial charge on any atom is 0.339 e. The quantitative estimate of drug-likeness (QED) is 0.420. The Morgan fingerprint density at radius 1 is 0.931 bits per heavy atom. The van der Waals surface area contributed by atoms with Crippen LogP contribution in [0.1, 0.15) is 5.56 Å². The summed E-state index contributed by atoms with van der Waals surface area (Å²) in [6.45, 7) is 1.87. The number of halogens is 1. The average molecular weight is 427 g/mol. The second-order valence-electron chi connectivity index (χ2n) is 6.45. The van der Waals surface area contributed by atoms with Crippen LogP contribution in [0.4, 0.5) is 0 Å². The van der Waals surface area contributed by atoms with Gasteiger partial charge >= 0.3 is 10.1 Å². The van der Waals surface area contributed by atoms with Crippen molar-refractivity contribution in [1.29, 1.82) is 0 Å². The highest BCUT2D eigenvalue weighted by atomic mass is 35.5. The van der Waals surface area contributed by atoms with E-state index in [1.54, 1.807) is 60.7 Å². The van der Waals surface area contributed by atoms with Gasteiger partial charge in [-0.1, -0.05) is 35.9 Å². The number of hydrogen-bond acceptors (Lipinski definition) is 5. The zero-order valence-electron chi connectivity index (χ0n) is 15.3. The van der Waals surface area contributed by atoms with Crippen LogP contribution >= 0.6 is 11.6 Å². The van der Waals surface area contributed by atoms with Gasteiger partial charge in [0.1, 0.15) is 10.5 Å². The lowest BCUT2D eigenvalue weighted by atomic mass is 10.1. The molecule has 146 valence electrons. The molecule has 0 atom stereocenters. The normalized spacial score (nSPS) is 11.5. The minimum Gasteiger partial charge on any atom is -0.452 e. The lowest BCUT2D eigenvalue weighted by molar-refractivity contribution is 0.472. The number of benzene rings is 3. The Hall–Kier alpha value is -3.09. The summed E-state index contributed by atoms with van der Waals surface area (Å²) in [7, 11) is -4.24. The molecule has 0 bridgehead atoms. The molecule has 0 amide bonds. The Labute approximate surface area is 172 Å². The van der Waals surface area contributed by atoms with Crippen LogP contribution in [0.2, 0.25) is 5.02 Å². The molecule has 0 unspecified atom stereocenters. The van der Waals surface area contributed by atoms with Gasteiger partial charge in [0.2, 0.25) is 11.2 Å². The third kappa shape index (κ3) is 3.77. The van der Waals surface area contributed by atoms with Crippen LogP contribution in [0.3, 0.4) is 0 Å². The summed E-state index contributed by atoms with van der Waals surface area (Å²) in [5.74, 6) is -0.378. The van der Waals surface area contributed by atoms with Gasteiger partial charge in [-0.15, -0.1) is 0 Å². The summed E-state index contributed by atoms with van der Waals surface area (Å²) in [4.78, 5) is 13.1. The van der Waals surface area contributed by atoms with Crippen molar-refractivity contribution >= 4 is 32.7 Å². The molecule has 0 N–H and O–H groups in total. The molecule has 1 heterocycles. The first-order valence-corrected chi connectivity index (χ1v) is 10.5. The highest BCUT2D eigenvalue weighted by Gasteiger charge is 2.25. The van der Waals surface area contributed by atoms with Gasteiger partial charge in [-0.25, -0.2) is 0 Å². The van der Waals surface area contributed by atoms with E-state index in [-0.39, 0.29) is 16.0 Å². The first-order chi connectivity index (χ1) is 13.8. The molecule has 0 saturated heterocycles. The van der Waals surface area contributed by atoms with Crippen LogP contribution in [-0.2, 0) is 10.1 Å². The summed E-state index contributed by atoms with van der Waals surface area (Å²) >= 11 is 5.95. The van der Waals surface area contributed by atoms with Gasteiger partial charge in [0.15, 0.2) is 5.76 Å².